The molecular formula is C26H34O12. The maximum atomic E-state index is 10.4. The Kier molecular flexibility index (Phi) is 8.65. The van der Waals surface area contributed by atoms with Gasteiger partial charge in [-0.3, -0.25) is 0 Å². The molecular weight excluding hydrogens is 504 g/mol. The molecule has 0 spiro atoms. The standard InChI is InChI=1S/C26H34O12/c1-11-20(30)22(32)23(33)26(36-11)37-17-5-4-12(7-18(17)34-2)24-15(9-27)14-6-13(21(31)16(29)10-28)8-19(35-3)25(14)38-24/h4-8,11,15-16,20-24,26-33H,9-10H2,1-3H3/t11-,15-,16+,20-,21+,22+,23+,24+,26-/m0/s1. The van der Waals surface area contributed by atoms with Crippen molar-refractivity contribution in [3.05, 3.63) is 47.0 Å². The first-order valence-corrected chi connectivity index (χ1v) is 12.2. The summed E-state index contributed by atoms with van der Waals surface area (Å²) in [5.41, 5.74) is 1.45. The van der Waals surface area contributed by atoms with Gasteiger partial charge in [-0.2, -0.15) is 0 Å². The summed E-state index contributed by atoms with van der Waals surface area (Å²) >= 11 is 0. The van der Waals surface area contributed by atoms with E-state index in [9.17, 15) is 35.7 Å². The highest BCUT2D eigenvalue weighted by Gasteiger charge is 2.44. The highest BCUT2D eigenvalue weighted by Crippen LogP contribution is 2.52. The van der Waals surface area contributed by atoms with Crippen molar-refractivity contribution >= 4 is 0 Å². The van der Waals surface area contributed by atoms with Crippen molar-refractivity contribution in [2.75, 3.05) is 27.4 Å². The van der Waals surface area contributed by atoms with Crippen molar-refractivity contribution in [2.45, 2.75) is 61.9 Å². The predicted molar refractivity (Wildman–Crippen MR) is 130 cm³/mol. The molecule has 0 amide bonds. The van der Waals surface area contributed by atoms with Crippen LogP contribution in [0.4, 0.5) is 0 Å². The van der Waals surface area contributed by atoms with Gasteiger partial charge in [0.2, 0.25) is 6.29 Å². The summed E-state index contributed by atoms with van der Waals surface area (Å²) in [5, 5.41) is 70.1. The van der Waals surface area contributed by atoms with Gasteiger partial charge in [0.05, 0.1) is 39.5 Å². The third-order valence-electron chi connectivity index (χ3n) is 6.99. The van der Waals surface area contributed by atoms with Crippen molar-refractivity contribution in [3.63, 3.8) is 0 Å². The van der Waals surface area contributed by atoms with Gasteiger partial charge in [-0.05, 0) is 42.3 Å². The average molecular weight is 539 g/mol. The zero-order valence-corrected chi connectivity index (χ0v) is 21.2. The molecule has 12 nitrogen and oxygen atoms in total. The molecule has 2 aliphatic heterocycles. The minimum Gasteiger partial charge on any atom is -0.493 e. The summed E-state index contributed by atoms with van der Waals surface area (Å²) in [6.45, 7) is 0.589. The van der Waals surface area contributed by atoms with E-state index in [0.717, 1.165) is 0 Å². The van der Waals surface area contributed by atoms with Crippen LogP contribution in [-0.4, -0.2) is 100.0 Å². The minimum absolute atomic E-state index is 0.202. The SMILES string of the molecule is COc1cc([C@H]2Oc3c(OC)cc([C@@H](O)[C@H](O)CO)cc3[C@@H]2CO)ccc1O[C@@H]1O[C@@H](C)[C@H](O)[C@@H](O)[C@H]1O. The fourth-order valence-corrected chi connectivity index (χ4v) is 4.75. The van der Waals surface area contributed by atoms with E-state index in [1.807, 2.05) is 0 Å². The Bertz CT molecular complexity index is 1110. The number of hydrogen-bond donors (Lipinski definition) is 7. The van der Waals surface area contributed by atoms with E-state index in [1.165, 1.54) is 20.3 Å². The fourth-order valence-electron chi connectivity index (χ4n) is 4.75. The van der Waals surface area contributed by atoms with Crippen LogP contribution >= 0.6 is 0 Å². The average Bonchev–Trinajstić information content (AvgIpc) is 3.32. The lowest BCUT2D eigenvalue weighted by molar-refractivity contribution is -0.268. The number of aliphatic hydroxyl groups excluding tert-OH is 7. The molecule has 0 bridgehead atoms. The van der Waals surface area contributed by atoms with Crippen molar-refractivity contribution in [3.8, 4) is 23.0 Å². The van der Waals surface area contributed by atoms with Gasteiger partial charge in [0.25, 0.3) is 0 Å². The van der Waals surface area contributed by atoms with Crippen molar-refractivity contribution < 1.29 is 59.4 Å². The Balaban J connectivity index is 1.62. The maximum absolute atomic E-state index is 10.4. The lowest BCUT2D eigenvalue weighted by atomic mass is 9.89. The molecule has 0 unspecified atom stereocenters. The van der Waals surface area contributed by atoms with Crippen LogP contribution in [0.1, 0.15) is 41.7 Å². The van der Waals surface area contributed by atoms with E-state index in [2.05, 4.69) is 0 Å². The van der Waals surface area contributed by atoms with Crippen LogP contribution < -0.4 is 18.9 Å². The maximum Gasteiger partial charge on any atom is 0.229 e. The topological polar surface area (TPSA) is 188 Å². The normalized spacial score (nSPS) is 30.2. The first kappa shape index (κ1) is 28.3. The summed E-state index contributed by atoms with van der Waals surface area (Å²) in [4.78, 5) is 0. The molecule has 0 radical (unpaired) electrons. The van der Waals surface area contributed by atoms with E-state index < -0.39 is 61.5 Å². The van der Waals surface area contributed by atoms with Gasteiger partial charge in [-0.1, -0.05) is 6.07 Å². The largest absolute Gasteiger partial charge is 0.493 e. The van der Waals surface area contributed by atoms with Gasteiger partial charge in [-0.25, -0.2) is 0 Å². The number of rotatable bonds is 9. The molecule has 2 aromatic rings. The molecule has 1 saturated heterocycles. The molecule has 9 atom stereocenters. The Morgan fingerprint density at radius 2 is 1.61 bits per heavy atom. The second-order valence-electron chi connectivity index (χ2n) is 9.37. The van der Waals surface area contributed by atoms with Gasteiger partial charge < -0.3 is 59.4 Å². The molecule has 210 valence electrons. The van der Waals surface area contributed by atoms with Crippen LogP contribution in [0.5, 0.6) is 23.0 Å². The molecule has 0 aliphatic carbocycles. The molecule has 2 aromatic carbocycles. The van der Waals surface area contributed by atoms with E-state index in [1.54, 1.807) is 31.2 Å². The first-order valence-electron chi connectivity index (χ1n) is 12.2. The van der Waals surface area contributed by atoms with Crippen molar-refractivity contribution in [1.29, 1.82) is 0 Å². The van der Waals surface area contributed by atoms with Crippen LogP contribution in [-0.2, 0) is 4.74 Å². The quantitative estimate of drug-likeness (QED) is 0.217. The summed E-state index contributed by atoms with van der Waals surface area (Å²) in [7, 11) is 2.84. The first-order chi connectivity index (χ1) is 18.1. The molecule has 4 rings (SSSR count). The van der Waals surface area contributed by atoms with Crippen LogP contribution in [0, 0.1) is 0 Å². The lowest BCUT2D eigenvalue weighted by Gasteiger charge is -2.39. The fraction of sp³-hybridized carbons (Fsp3) is 0.538. The Hall–Kier alpha value is -2.68. The minimum atomic E-state index is -1.50. The zero-order chi connectivity index (χ0) is 27.7. The predicted octanol–water partition coefficient (Wildman–Crippen LogP) is -0.494. The molecule has 0 saturated carbocycles. The molecule has 2 heterocycles. The molecule has 2 aliphatic rings. The number of benzene rings is 2. The second-order valence-corrected chi connectivity index (χ2v) is 9.37. The highest BCUT2D eigenvalue weighted by atomic mass is 16.7. The van der Waals surface area contributed by atoms with Crippen LogP contribution in [0.2, 0.25) is 0 Å². The zero-order valence-electron chi connectivity index (χ0n) is 21.2. The number of hydrogen-bond acceptors (Lipinski definition) is 12. The van der Waals surface area contributed by atoms with Gasteiger partial charge in [0.1, 0.15) is 36.6 Å². The third kappa shape index (κ3) is 5.14. The van der Waals surface area contributed by atoms with Crippen molar-refractivity contribution in [1.82, 2.24) is 0 Å². The van der Waals surface area contributed by atoms with Gasteiger partial charge in [0, 0.05) is 5.56 Å². The third-order valence-corrected chi connectivity index (χ3v) is 6.99. The number of methoxy groups -OCH3 is 2. The molecule has 12 heteroatoms. The highest BCUT2D eigenvalue weighted by molar-refractivity contribution is 5.56. The smallest absolute Gasteiger partial charge is 0.229 e. The number of aliphatic hydroxyl groups is 7. The van der Waals surface area contributed by atoms with E-state index in [-0.39, 0.29) is 23.9 Å². The Labute approximate surface area is 219 Å². The van der Waals surface area contributed by atoms with E-state index >= 15 is 0 Å². The number of ether oxygens (including phenoxy) is 5. The summed E-state index contributed by atoms with van der Waals surface area (Å²) < 4.78 is 28.4. The summed E-state index contributed by atoms with van der Waals surface area (Å²) in [6, 6.07) is 7.98. The molecule has 1 fully saturated rings. The van der Waals surface area contributed by atoms with Crippen LogP contribution in [0.25, 0.3) is 0 Å². The molecule has 0 aromatic heterocycles. The molecule has 7 N–H and O–H groups in total. The van der Waals surface area contributed by atoms with Gasteiger partial charge >= 0.3 is 0 Å². The van der Waals surface area contributed by atoms with Gasteiger partial charge in [-0.15, -0.1) is 0 Å². The van der Waals surface area contributed by atoms with E-state index in [0.29, 0.717) is 22.4 Å². The summed E-state index contributed by atoms with van der Waals surface area (Å²) in [6.07, 6.45) is -9.74. The van der Waals surface area contributed by atoms with Crippen molar-refractivity contribution in [2.24, 2.45) is 0 Å². The van der Waals surface area contributed by atoms with Crippen LogP contribution in [0.3, 0.4) is 0 Å². The van der Waals surface area contributed by atoms with Gasteiger partial charge in [0.15, 0.2) is 23.0 Å². The Morgan fingerprint density at radius 1 is 0.895 bits per heavy atom. The van der Waals surface area contributed by atoms with Crippen LogP contribution in [0.15, 0.2) is 30.3 Å². The molecule has 38 heavy (non-hydrogen) atoms. The van der Waals surface area contributed by atoms with E-state index in [4.69, 9.17) is 23.7 Å². The Morgan fingerprint density at radius 3 is 2.24 bits per heavy atom. The lowest BCUT2D eigenvalue weighted by Crippen LogP contribution is -2.58. The number of fused-ring (bicyclic) bond motifs is 1. The monoisotopic (exact) mass is 538 g/mol. The second kappa shape index (κ2) is 11.6. The summed E-state index contributed by atoms with van der Waals surface area (Å²) in [5.74, 6) is 0.540.